The van der Waals surface area contributed by atoms with E-state index < -0.39 is 0 Å². The van der Waals surface area contributed by atoms with Gasteiger partial charge >= 0.3 is 0 Å². The topological polar surface area (TPSA) is 65.6 Å². The third-order valence-corrected chi connectivity index (χ3v) is 4.46. The van der Waals surface area contributed by atoms with Crippen molar-refractivity contribution in [2.75, 3.05) is 33.7 Å². The van der Waals surface area contributed by atoms with E-state index in [9.17, 15) is 5.11 Å². The number of aromatic nitrogens is 2. The molecule has 20 heavy (non-hydrogen) atoms. The van der Waals surface area contributed by atoms with E-state index in [-0.39, 0.29) is 6.10 Å². The summed E-state index contributed by atoms with van der Waals surface area (Å²) in [6.45, 7) is 3.22. The molecule has 112 valence electrons. The number of rotatable bonds is 5. The van der Waals surface area contributed by atoms with Crippen molar-refractivity contribution in [3.8, 4) is 0 Å². The molecule has 1 aliphatic heterocycles. The summed E-state index contributed by atoms with van der Waals surface area (Å²) in [7, 11) is 4.29. The Labute approximate surface area is 119 Å². The lowest BCUT2D eigenvalue weighted by molar-refractivity contribution is 0.113. The van der Waals surface area contributed by atoms with Crippen molar-refractivity contribution in [1.29, 1.82) is 0 Å². The molecule has 2 aliphatic rings. The Hall–Kier alpha value is -0.980. The van der Waals surface area contributed by atoms with Crippen LogP contribution in [0.15, 0.2) is 4.52 Å². The van der Waals surface area contributed by atoms with Crippen LogP contribution >= 0.6 is 0 Å². The van der Waals surface area contributed by atoms with E-state index >= 15 is 0 Å². The van der Waals surface area contributed by atoms with Gasteiger partial charge in [-0.25, -0.2) is 0 Å². The minimum absolute atomic E-state index is 0.313. The van der Waals surface area contributed by atoms with Gasteiger partial charge in [0.25, 0.3) is 0 Å². The van der Waals surface area contributed by atoms with Crippen LogP contribution in [0.2, 0.25) is 0 Å². The van der Waals surface area contributed by atoms with E-state index in [1.165, 1.54) is 0 Å². The molecule has 0 bridgehead atoms. The number of likely N-dealkylation sites (N-methyl/N-ethyl adjacent to an activating group) is 2. The fourth-order valence-corrected chi connectivity index (χ4v) is 2.82. The first-order valence-electron chi connectivity index (χ1n) is 7.50. The Balaban J connectivity index is 1.55. The van der Waals surface area contributed by atoms with Crippen LogP contribution in [0.25, 0.3) is 0 Å². The summed E-state index contributed by atoms with van der Waals surface area (Å²) >= 11 is 0. The summed E-state index contributed by atoms with van der Waals surface area (Å²) in [5.41, 5.74) is 0. The van der Waals surface area contributed by atoms with Crippen LogP contribution in [0.1, 0.15) is 24.6 Å². The summed E-state index contributed by atoms with van der Waals surface area (Å²) in [6.07, 6.45) is 3.25. The molecule has 1 aliphatic carbocycles. The van der Waals surface area contributed by atoms with E-state index in [4.69, 9.17) is 4.52 Å². The first-order valence-corrected chi connectivity index (χ1v) is 7.50. The first kappa shape index (κ1) is 14.0. The summed E-state index contributed by atoms with van der Waals surface area (Å²) in [5, 5.41) is 14.0. The second-order valence-electron chi connectivity index (χ2n) is 6.31. The lowest BCUT2D eigenvalue weighted by atomic mass is 10.1. The third kappa shape index (κ3) is 3.37. The average molecular weight is 280 g/mol. The highest BCUT2D eigenvalue weighted by Gasteiger charge is 2.31. The lowest BCUT2D eigenvalue weighted by Gasteiger charge is -2.37. The molecule has 1 saturated heterocycles. The monoisotopic (exact) mass is 280 g/mol. The third-order valence-electron chi connectivity index (χ3n) is 4.46. The van der Waals surface area contributed by atoms with Gasteiger partial charge in [-0.05, 0) is 32.9 Å². The van der Waals surface area contributed by atoms with E-state index in [0.29, 0.717) is 24.3 Å². The van der Waals surface area contributed by atoms with E-state index in [0.717, 1.165) is 44.7 Å². The van der Waals surface area contributed by atoms with Gasteiger partial charge in [-0.15, -0.1) is 0 Å². The maximum absolute atomic E-state index is 9.91. The Morgan fingerprint density at radius 2 is 2.15 bits per heavy atom. The molecule has 0 radical (unpaired) electrons. The normalized spacial score (nSPS) is 26.9. The van der Waals surface area contributed by atoms with Gasteiger partial charge in [0.1, 0.15) is 0 Å². The quantitative estimate of drug-likeness (QED) is 0.829. The molecule has 1 aromatic heterocycles. The van der Waals surface area contributed by atoms with Crippen LogP contribution in [-0.4, -0.2) is 70.9 Å². The molecule has 2 unspecified atom stereocenters. The second kappa shape index (κ2) is 5.79. The SMILES string of the molecule is CN1CCN(C)C(Cc2noc(CC(O)C3CC3)n2)C1. The van der Waals surface area contributed by atoms with Gasteiger partial charge < -0.3 is 19.4 Å². The zero-order valence-electron chi connectivity index (χ0n) is 12.3. The van der Waals surface area contributed by atoms with Crippen LogP contribution in [-0.2, 0) is 12.8 Å². The molecule has 2 fully saturated rings. The van der Waals surface area contributed by atoms with E-state index in [1.54, 1.807) is 0 Å². The van der Waals surface area contributed by atoms with Crippen molar-refractivity contribution in [1.82, 2.24) is 19.9 Å². The molecule has 3 rings (SSSR count). The molecule has 1 saturated carbocycles. The van der Waals surface area contributed by atoms with Gasteiger partial charge in [-0.3, -0.25) is 0 Å². The minimum Gasteiger partial charge on any atom is -0.392 e. The summed E-state index contributed by atoms with van der Waals surface area (Å²) < 4.78 is 5.26. The highest BCUT2D eigenvalue weighted by Crippen LogP contribution is 2.33. The molecule has 6 nitrogen and oxygen atoms in total. The number of aliphatic hydroxyl groups excluding tert-OH is 1. The fourth-order valence-electron chi connectivity index (χ4n) is 2.82. The highest BCUT2D eigenvalue weighted by molar-refractivity contribution is 4.95. The van der Waals surface area contributed by atoms with Crippen molar-refractivity contribution in [3.63, 3.8) is 0 Å². The van der Waals surface area contributed by atoms with Gasteiger partial charge in [-0.2, -0.15) is 4.98 Å². The van der Waals surface area contributed by atoms with Gasteiger partial charge in [0, 0.05) is 32.1 Å². The van der Waals surface area contributed by atoms with Crippen LogP contribution in [0.5, 0.6) is 0 Å². The average Bonchev–Trinajstić information content (AvgIpc) is 3.17. The predicted octanol–water partition coefficient (Wildman–Crippen LogP) is 0.171. The van der Waals surface area contributed by atoms with Crippen LogP contribution in [0.3, 0.4) is 0 Å². The standard InChI is InChI=1S/C14H24N4O2/c1-17-5-6-18(2)11(9-17)7-13-15-14(20-16-13)8-12(19)10-3-4-10/h10-12,19H,3-9H2,1-2H3. The molecule has 1 aromatic rings. The second-order valence-corrected chi connectivity index (χ2v) is 6.31. The largest absolute Gasteiger partial charge is 0.392 e. The molecule has 0 spiro atoms. The minimum atomic E-state index is -0.313. The Morgan fingerprint density at radius 3 is 2.90 bits per heavy atom. The maximum atomic E-state index is 9.91. The van der Waals surface area contributed by atoms with Crippen molar-refractivity contribution in [2.24, 2.45) is 5.92 Å². The number of piperazine rings is 1. The Morgan fingerprint density at radius 1 is 1.35 bits per heavy atom. The van der Waals surface area contributed by atoms with Crippen molar-refractivity contribution >= 4 is 0 Å². The summed E-state index contributed by atoms with van der Waals surface area (Å²) in [5.74, 6) is 1.78. The van der Waals surface area contributed by atoms with E-state index in [1.807, 2.05) is 0 Å². The molecule has 2 heterocycles. The zero-order chi connectivity index (χ0) is 14.1. The Bertz CT molecular complexity index is 446. The molecule has 2 atom stereocenters. The van der Waals surface area contributed by atoms with Gasteiger partial charge in [0.2, 0.25) is 5.89 Å². The van der Waals surface area contributed by atoms with Crippen LogP contribution < -0.4 is 0 Å². The number of hydrogen-bond donors (Lipinski definition) is 1. The molecular formula is C14H24N4O2. The van der Waals surface area contributed by atoms with Gasteiger partial charge in [0.15, 0.2) is 5.82 Å². The van der Waals surface area contributed by atoms with Gasteiger partial charge in [0.05, 0.1) is 12.5 Å². The number of hydrogen-bond acceptors (Lipinski definition) is 6. The smallest absolute Gasteiger partial charge is 0.229 e. The summed E-state index contributed by atoms with van der Waals surface area (Å²) in [4.78, 5) is 9.12. The number of nitrogens with zero attached hydrogens (tertiary/aromatic N) is 4. The Kier molecular flexibility index (Phi) is 4.05. The van der Waals surface area contributed by atoms with Crippen LogP contribution in [0.4, 0.5) is 0 Å². The fraction of sp³-hybridized carbons (Fsp3) is 0.857. The molecular weight excluding hydrogens is 256 g/mol. The highest BCUT2D eigenvalue weighted by atomic mass is 16.5. The van der Waals surface area contributed by atoms with Crippen molar-refractivity contribution < 1.29 is 9.63 Å². The summed E-state index contributed by atoms with van der Waals surface area (Å²) in [6, 6.07) is 0.438. The van der Waals surface area contributed by atoms with Crippen molar-refractivity contribution in [3.05, 3.63) is 11.7 Å². The molecule has 6 heteroatoms. The maximum Gasteiger partial charge on any atom is 0.229 e. The van der Waals surface area contributed by atoms with Crippen molar-refractivity contribution in [2.45, 2.75) is 37.8 Å². The first-order chi connectivity index (χ1) is 9.61. The lowest BCUT2D eigenvalue weighted by Crippen LogP contribution is -2.50. The molecule has 0 amide bonds. The zero-order valence-corrected chi connectivity index (χ0v) is 12.3. The van der Waals surface area contributed by atoms with Crippen LogP contribution in [0, 0.1) is 5.92 Å². The van der Waals surface area contributed by atoms with Gasteiger partial charge in [-0.1, -0.05) is 5.16 Å². The number of aliphatic hydroxyl groups is 1. The molecule has 1 N–H and O–H groups in total. The predicted molar refractivity (Wildman–Crippen MR) is 74.4 cm³/mol. The molecule has 0 aromatic carbocycles. The van der Waals surface area contributed by atoms with E-state index in [2.05, 4.69) is 34.0 Å².